The van der Waals surface area contributed by atoms with Crippen LogP contribution in [0.25, 0.3) is 10.9 Å². The maximum Gasteiger partial charge on any atom is 0.418 e. The van der Waals surface area contributed by atoms with E-state index in [0.717, 1.165) is 12.3 Å². The summed E-state index contributed by atoms with van der Waals surface area (Å²) in [4.78, 5) is 16.1. The summed E-state index contributed by atoms with van der Waals surface area (Å²) < 4.78 is 44.9. The molecule has 134 valence electrons. The summed E-state index contributed by atoms with van der Waals surface area (Å²) in [5.41, 5.74) is -0.163. The maximum absolute atomic E-state index is 13.3. The maximum atomic E-state index is 13.3. The lowest BCUT2D eigenvalue weighted by Crippen LogP contribution is -2.11. The van der Waals surface area contributed by atoms with Gasteiger partial charge >= 0.3 is 12.1 Å². The number of anilines is 2. The van der Waals surface area contributed by atoms with Gasteiger partial charge in [0.2, 0.25) is 0 Å². The number of alkyl halides is 3. The summed E-state index contributed by atoms with van der Waals surface area (Å²) in [6, 6.07) is 12.6. The third kappa shape index (κ3) is 3.46. The number of halogens is 3. The molecule has 0 unspecified atom stereocenters. The predicted molar refractivity (Wildman–Crippen MR) is 92.4 cm³/mol. The van der Waals surface area contributed by atoms with Crippen LogP contribution in [0.4, 0.5) is 24.5 Å². The van der Waals surface area contributed by atoms with Crippen molar-refractivity contribution in [2.24, 2.45) is 0 Å². The van der Waals surface area contributed by atoms with Gasteiger partial charge in [0, 0.05) is 17.3 Å². The molecule has 3 aromatic rings. The second-order valence-corrected chi connectivity index (χ2v) is 5.46. The van der Waals surface area contributed by atoms with Crippen LogP contribution < -0.4 is 5.32 Å². The number of nitrogens with one attached hydrogen (secondary N) is 1. The molecule has 1 N–H and O–H groups in total. The number of nitrogens with zero attached hydrogens (tertiary/aromatic N) is 1. The number of benzene rings is 2. The average molecular weight is 360 g/mol. The number of rotatable bonds is 4. The van der Waals surface area contributed by atoms with Crippen LogP contribution in [-0.4, -0.2) is 17.6 Å². The van der Waals surface area contributed by atoms with Gasteiger partial charge in [0.25, 0.3) is 0 Å². The van der Waals surface area contributed by atoms with Gasteiger partial charge in [-0.15, -0.1) is 0 Å². The lowest BCUT2D eigenvalue weighted by atomic mass is 10.0. The van der Waals surface area contributed by atoms with Crippen molar-refractivity contribution in [2.45, 2.75) is 13.1 Å². The van der Waals surface area contributed by atoms with E-state index in [0.29, 0.717) is 5.69 Å². The SMILES string of the molecule is CCOC(=O)c1cnc2c(C(F)(F)F)cccc2c1Nc1ccccc1. The fraction of sp³-hybridized carbons (Fsp3) is 0.158. The Hall–Kier alpha value is -3.09. The van der Waals surface area contributed by atoms with Crippen LogP contribution in [0.2, 0.25) is 0 Å². The van der Waals surface area contributed by atoms with Crippen molar-refractivity contribution in [1.29, 1.82) is 0 Å². The minimum Gasteiger partial charge on any atom is -0.462 e. The van der Waals surface area contributed by atoms with Gasteiger partial charge < -0.3 is 10.1 Å². The van der Waals surface area contributed by atoms with Crippen LogP contribution >= 0.6 is 0 Å². The molecule has 26 heavy (non-hydrogen) atoms. The van der Waals surface area contributed by atoms with Crippen molar-refractivity contribution in [3.8, 4) is 0 Å². The van der Waals surface area contributed by atoms with E-state index in [4.69, 9.17) is 4.74 Å². The van der Waals surface area contributed by atoms with Crippen LogP contribution in [0, 0.1) is 0 Å². The van der Waals surface area contributed by atoms with Crippen molar-refractivity contribution < 1.29 is 22.7 Å². The third-order valence-electron chi connectivity index (χ3n) is 3.74. The number of carbonyl (C=O) groups is 1. The molecule has 2 aromatic carbocycles. The molecular weight excluding hydrogens is 345 g/mol. The molecule has 0 fully saturated rings. The Morgan fingerprint density at radius 1 is 1.12 bits per heavy atom. The molecule has 3 rings (SSSR count). The second kappa shape index (κ2) is 7.03. The van der Waals surface area contributed by atoms with Crippen molar-refractivity contribution in [3.63, 3.8) is 0 Å². The molecule has 0 spiro atoms. The topological polar surface area (TPSA) is 51.2 Å². The zero-order valence-electron chi connectivity index (χ0n) is 13.8. The van der Waals surface area contributed by atoms with Gasteiger partial charge in [-0.3, -0.25) is 4.98 Å². The first kappa shape index (κ1) is 17.7. The summed E-state index contributed by atoms with van der Waals surface area (Å²) in [5.74, 6) is -0.655. The van der Waals surface area contributed by atoms with Crippen molar-refractivity contribution in [2.75, 3.05) is 11.9 Å². The molecule has 0 atom stereocenters. The first-order valence-corrected chi connectivity index (χ1v) is 7.90. The number of carbonyl (C=O) groups excluding carboxylic acids is 1. The highest BCUT2D eigenvalue weighted by Crippen LogP contribution is 2.37. The molecule has 1 aromatic heterocycles. The van der Waals surface area contributed by atoms with E-state index in [-0.39, 0.29) is 28.8 Å². The molecule has 0 aliphatic rings. The van der Waals surface area contributed by atoms with E-state index >= 15 is 0 Å². The number of para-hydroxylation sites is 2. The number of aromatic nitrogens is 1. The minimum absolute atomic E-state index is 0.0718. The molecule has 7 heteroatoms. The summed E-state index contributed by atoms with van der Waals surface area (Å²) in [6.45, 7) is 1.79. The third-order valence-corrected chi connectivity index (χ3v) is 3.74. The molecule has 0 aliphatic carbocycles. The Labute approximate surface area is 147 Å². The quantitative estimate of drug-likeness (QED) is 0.652. The number of esters is 1. The van der Waals surface area contributed by atoms with Crippen molar-refractivity contribution >= 4 is 28.2 Å². The van der Waals surface area contributed by atoms with Crippen LogP contribution in [0.3, 0.4) is 0 Å². The molecular formula is C19H15F3N2O2. The molecule has 1 heterocycles. The van der Waals surface area contributed by atoms with E-state index in [1.54, 1.807) is 31.2 Å². The fourth-order valence-corrected chi connectivity index (χ4v) is 2.62. The van der Waals surface area contributed by atoms with Crippen LogP contribution in [-0.2, 0) is 10.9 Å². The van der Waals surface area contributed by atoms with E-state index in [9.17, 15) is 18.0 Å². The van der Waals surface area contributed by atoms with Gasteiger partial charge in [0.15, 0.2) is 0 Å². The van der Waals surface area contributed by atoms with Crippen LogP contribution in [0.15, 0.2) is 54.7 Å². The predicted octanol–water partition coefficient (Wildman–Crippen LogP) is 5.17. The van der Waals surface area contributed by atoms with E-state index < -0.39 is 17.7 Å². The number of hydrogen-bond donors (Lipinski definition) is 1. The Morgan fingerprint density at radius 2 is 1.85 bits per heavy atom. The van der Waals surface area contributed by atoms with E-state index in [1.165, 1.54) is 12.1 Å². The second-order valence-electron chi connectivity index (χ2n) is 5.46. The molecule has 0 bridgehead atoms. The summed E-state index contributed by atoms with van der Waals surface area (Å²) in [5, 5.41) is 3.21. The average Bonchev–Trinajstić information content (AvgIpc) is 2.61. The molecule has 0 saturated carbocycles. The van der Waals surface area contributed by atoms with Gasteiger partial charge in [0.05, 0.1) is 23.4 Å². The Morgan fingerprint density at radius 3 is 2.50 bits per heavy atom. The molecule has 0 saturated heterocycles. The molecule has 0 amide bonds. The highest BCUT2D eigenvalue weighted by molar-refractivity contribution is 6.06. The van der Waals surface area contributed by atoms with E-state index in [1.807, 2.05) is 6.07 Å². The summed E-state index contributed by atoms with van der Waals surface area (Å²) in [6.07, 6.45) is -3.44. The number of ether oxygens (including phenoxy) is 1. The first-order chi connectivity index (χ1) is 12.4. The highest BCUT2D eigenvalue weighted by atomic mass is 19.4. The van der Waals surface area contributed by atoms with Gasteiger partial charge in [-0.1, -0.05) is 30.3 Å². The Bertz CT molecular complexity index is 941. The molecule has 4 nitrogen and oxygen atoms in total. The van der Waals surface area contributed by atoms with E-state index in [2.05, 4.69) is 10.3 Å². The number of pyridine rings is 1. The van der Waals surface area contributed by atoms with Crippen molar-refractivity contribution in [3.05, 3.63) is 65.9 Å². The van der Waals surface area contributed by atoms with Gasteiger partial charge in [-0.05, 0) is 25.1 Å². The lowest BCUT2D eigenvalue weighted by molar-refractivity contribution is -0.136. The van der Waals surface area contributed by atoms with Crippen LogP contribution in [0.5, 0.6) is 0 Å². The Balaban J connectivity index is 2.24. The van der Waals surface area contributed by atoms with Gasteiger partial charge in [-0.25, -0.2) is 4.79 Å². The normalized spacial score (nSPS) is 11.4. The molecule has 0 aliphatic heterocycles. The number of hydrogen-bond acceptors (Lipinski definition) is 4. The van der Waals surface area contributed by atoms with Crippen molar-refractivity contribution in [1.82, 2.24) is 4.98 Å². The lowest BCUT2D eigenvalue weighted by Gasteiger charge is -2.16. The monoisotopic (exact) mass is 360 g/mol. The smallest absolute Gasteiger partial charge is 0.418 e. The Kier molecular flexibility index (Phi) is 4.79. The largest absolute Gasteiger partial charge is 0.462 e. The van der Waals surface area contributed by atoms with Gasteiger partial charge in [0.1, 0.15) is 5.56 Å². The zero-order valence-corrected chi connectivity index (χ0v) is 13.8. The standard InChI is InChI=1S/C19H15F3N2O2/c1-2-26-18(25)14-11-23-17-13(9-6-10-15(17)19(20,21)22)16(14)24-12-7-4-3-5-8-12/h3-11H,2H2,1H3,(H,23,24). The summed E-state index contributed by atoms with van der Waals surface area (Å²) in [7, 11) is 0. The summed E-state index contributed by atoms with van der Waals surface area (Å²) >= 11 is 0. The zero-order chi connectivity index (χ0) is 18.7. The van der Waals surface area contributed by atoms with Gasteiger partial charge in [-0.2, -0.15) is 13.2 Å². The fourth-order valence-electron chi connectivity index (χ4n) is 2.62. The van der Waals surface area contributed by atoms with Crippen LogP contribution in [0.1, 0.15) is 22.8 Å². The number of fused-ring (bicyclic) bond motifs is 1. The highest BCUT2D eigenvalue weighted by Gasteiger charge is 2.34. The first-order valence-electron chi connectivity index (χ1n) is 7.90. The minimum atomic E-state index is -4.55. The molecule has 0 radical (unpaired) electrons.